The van der Waals surface area contributed by atoms with Crippen molar-refractivity contribution in [3.05, 3.63) is 35.9 Å². The molecule has 0 heterocycles. The van der Waals surface area contributed by atoms with Gasteiger partial charge in [-0.2, -0.15) is 0 Å². The Hall–Kier alpha value is -0.750. The number of rotatable bonds is 6. The first kappa shape index (κ1) is 12.3. The Morgan fingerprint density at radius 3 is 2.60 bits per heavy atom. The van der Waals surface area contributed by atoms with Crippen molar-refractivity contribution in [2.75, 3.05) is 13.2 Å². The van der Waals surface area contributed by atoms with Crippen LogP contribution in [-0.2, 0) is 22.0 Å². The summed E-state index contributed by atoms with van der Waals surface area (Å²) in [5, 5.41) is 0. The van der Waals surface area contributed by atoms with Crippen molar-refractivity contribution >= 4 is 11.4 Å². The van der Waals surface area contributed by atoms with Gasteiger partial charge in [-0.25, -0.2) is 4.21 Å². The number of hydrogen-bond acceptors (Lipinski definition) is 4. The van der Waals surface area contributed by atoms with Crippen LogP contribution in [0.2, 0.25) is 0 Å². The van der Waals surface area contributed by atoms with E-state index in [0.717, 1.165) is 12.0 Å². The molecule has 4 nitrogen and oxygen atoms in total. The molecule has 0 saturated heterocycles. The third-order valence-electron chi connectivity index (χ3n) is 2.10. The maximum atomic E-state index is 10.2. The zero-order valence-corrected chi connectivity index (χ0v) is 9.11. The van der Waals surface area contributed by atoms with Gasteiger partial charge < -0.3 is 14.5 Å². The second-order valence-electron chi connectivity index (χ2n) is 3.28. The van der Waals surface area contributed by atoms with Gasteiger partial charge in [0.1, 0.15) is 0 Å². The Balaban J connectivity index is 2.43. The van der Waals surface area contributed by atoms with Gasteiger partial charge in [-0.05, 0) is 24.4 Å². The smallest absolute Gasteiger partial charge is 0.0842 e. The zero-order valence-electron chi connectivity index (χ0n) is 8.30. The third-order valence-corrected chi connectivity index (χ3v) is 2.43. The van der Waals surface area contributed by atoms with E-state index < -0.39 is 11.4 Å². The lowest BCUT2D eigenvalue weighted by Crippen LogP contribution is -2.22. The Kier molecular flexibility index (Phi) is 5.49. The summed E-state index contributed by atoms with van der Waals surface area (Å²) in [4.78, 5) is 0. The van der Waals surface area contributed by atoms with Gasteiger partial charge in [-0.15, -0.1) is 0 Å². The molecule has 2 unspecified atom stereocenters. The molecule has 0 saturated carbocycles. The lowest BCUT2D eigenvalue weighted by Gasteiger charge is -2.15. The molecule has 0 aliphatic carbocycles. The predicted octanol–water partition coefficient (Wildman–Crippen LogP) is 0.615. The van der Waals surface area contributed by atoms with Crippen molar-refractivity contribution in [1.82, 2.24) is 0 Å². The van der Waals surface area contributed by atoms with Crippen molar-refractivity contribution in [3.8, 4) is 0 Å². The molecular weight excluding hydrogens is 214 g/mol. The lowest BCUT2D eigenvalue weighted by atomic mass is 10.0. The van der Waals surface area contributed by atoms with Gasteiger partial charge in [0.05, 0.1) is 18.0 Å². The Bertz CT molecular complexity index is 305. The van der Waals surface area contributed by atoms with Crippen LogP contribution in [0.4, 0.5) is 0 Å². The summed E-state index contributed by atoms with van der Waals surface area (Å²) in [6.45, 7) is 0.549. The fourth-order valence-electron chi connectivity index (χ4n) is 1.31. The Morgan fingerprint density at radius 2 is 2.07 bits per heavy atom. The number of hydrogen-bond donors (Lipinski definition) is 1. The molecule has 0 fully saturated rings. The summed E-state index contributed by atoms with van der Waals surface area (Å²) in [5.74, 6) is 0.0327. The number of benzene rings is 1. The first-order chi connectivity index (χ1) is 7.22. The van der Waals surface area contributed by atoms with Gasteiger partial charge in [0.15, 0.2) is 0 Å². The topological polar surface area (TPSA) is 75.4 Å². The van der Waals surface area contributed by atoms with E-state index in [9.17, 15) is 8.76 Å². The molecule has 0 aliphatic rings. The van der Waals surface area contributed by atoms with Crippen molar-refractivity contribution in [2.24, 2.45) is 11.7 Å². The van der Waals surface area contributed by atoms with E-state index in [2.05, 4.69) is 4.18 Å². The van der Waals surface area contributed by atoms with Crippen LogP contribution in [-0.4, -0.2) is 21.9 Å². The minimum Gasteiger partial charge on any atom is -0.750 e. The monoisotopic (exact) mass is 228 g/mol. The van der Waals surface area contributed by atoms with E-state index in [0.29, 0.717) is 6.54 Å². The average molecular weight is 228 g/mol. The molecule has 1 aromatic carbocycles. The maximum Gasteiger partial charge on any atom is 0.0842 e. The average Bonchev–Trinajstić information content (AvgIpc) is 2.25. The first-order valence-electron chi connectivity index (χ1n) is 4.69. The zero-order chi connectivity index (χ0) is 11.1. The van der Waals surface area contributed by atoms with Crippen molar-refractivity contribution < 1.29 is 12.9 Å². The van der Waals surface area contributed by atoms with E-state index >= 15 is 0 Å². The van der Waals surface area contributed by atoms with Crippen LogP contribution >= 0.6 is 0 Å². The Morgan fingerprint density at radius 1 is 1.40 bits per heavy atom. The molecule has 0 bridgehead atoms. The normalized spacial score (nSPS) is 14.8. The summed E-state index contributed by atoms with van der Waals surface area (Å²) in [5.41, 5.74) is 6.66. The summed E-state index contributed by atoms with van der Waals surface area (Å²) in [7, 11) is 0. The fraction of sp³-hybridized carbons (Fsp3) is 0.400. The Labute approximate surface area is 91.9 Å². The second-order valence-corrected chi connectivity index (χ2v) is 3.92. The van der Waals surface area contributed by atoms with Crippen molar-refractivity contribution in [3.63, 3.8) is 0 Å². The van der Waals surface area contributed by atoms with Gasteiger partial charge in [-0.1, -0.05) is 30.3 Å². The van der Waals surface area contributed by atoms with Crippen LogP contribution in [0.25, 0.3) is 0 Å². The fourth-order valence-corrected chi connectivity index (χ4v) is 1.61. The highest BCUT2D eigenvalue weighted by Crippen LogP contribution is 2.08. The van der Waals surface area contributed by atoms with E-state index in [-0.39, 0.29) is 12.5 Å². The summed E-state index contributed by atoms with van der Waals surface area (Å²) >= 11 is -2.45. The number of nitrogens with two attached hydrogens (primary N) is 1. The van der Waals surface area contributed by atoms with E-state index in [1.165, 1.54) is 0 Å². The molecule has 2 atom stereocenters. The highest BCUT2D eigenvalue weighted by atomic mass is 32.2. The highest BCUT2D eigenvalue weighted by molar-refractivity contribution is 7.74. The molecule has 5 heteroatoms. The molecule has 0 spiro atoms. The van der Waals surface area contributed by atoms with Crippen LogP contribution in [0, 0.1) is 5.92 Å². The SMILES string of the molecule is NCC(COS(=O)[O-])Cc1ccccc1. The minimum absolute atomic E-state index is 0.0327. The summed E-state index contributed by atoms with van der Waals surface area (Å²) in [6.07, 6.45) is 0.731. The van der Waals surface area contributed by atoms with E-state index in [1.807, 2.05) is 30.3 Å². The van der Waals surface area contributed by atoms with Gasteiger partial charge in [-0.3, -0.25) is 0 Å². The summed E-state index contributed by atoms with van der Waals surface area (Å²) in [6, 6.07) is 9.78. The largest absolute Gasteiger partial charge is 0.750 e. The predicted molar refractivity (Wildman–Crippen MR) is 57.6 cm³/mol. The van der Waals surface area contributed by atoms with Crippen LogP contribution in [0.15, 0.2) is 30.3 Å². The first-order valence-corrected chi connectivity index (χ1v) is 5.69. The molecule has 0 amide bonds. The standard InChI is InChI=1S/C10H15NO3S/c11-7-10(8-14-15(12)13)6-9-4-2-1-3-5-9/h1-5,10H,6-8,11H2,(H,12,13)/p-1. The van der Waals surface area contributed by atoms with E-state index in [4.69, 9.17) is 5.73 Å². The summed E-state index contributed by atoms with van der Waals surface area (Å²) < 4.78 is 24.9. The van der Waals surface area contributed by atoms with E-state index in [1.54, 1.807) is 0 Å². The van der Waals surface area contributed by atoms with Crippen LogP contribution in [0.3, 0.4) is 0 Å². The highest BCUT2D eigenvalue weighted by Gasteiger charge is 2.08. The van der Waals surface area contributed by atoms with Crippen LogP contribution in [0.1, 0.15) is 5.56 Å². The lowest BCUT2D eigenvalue weighted by molar-refractivity contribution is 0.246. The van der Waals surface area contributed by atoms with Crippen LogP contribution in [0.5, 0.6) is 0 Å². The molecule has 0 radical (unpaired) electrons. The van der Waals surface area contributed by atoms with Gasteiger partial charge in [0.2, 0.25) is 0 Å². The third kappa shape index (κ3) is 5.03. The molecule has 1 aromatic rings. The molecular formula is C10H14NO3S-. The maximum absolute atomic E-state index is 10.2. The second kappa shape index (κ2) is 6.68. The molecule has 1 rings (SSSR count). The van der Waals surface area contributed by atoms with Gasteiger partial charge >= 0.3 is 0 Å². The molecule has 0 aromatic heterocycles. The van der Waals surface area contributed by atoms with Gasteiger partial charge in [0, 0.05) is 0 Å². The molecule has 15 heavy (non-hydrogen) atoms. The van der Waals surface area contributed by atoms with Gasteiger partial charge in [0.25, 0.3) is 0 Å². The van der Waals surface area contributed by atoms with Crippen molar-refractivity contribution in [1.29, 1.82) is 0 Å². The van der Waals surface area contributed by atoms with Crippen LogP contribution < -0.4 is 5.73 Å². The molecule has 2 N–H and O–H groups in total. The quantitative estimate of drug-likeness (QED) is 0.724. The van der Waals surface area contributed by atoms with Crippen molar-refractivity contribution in [2.45, 2.75) is 6.42 Å². The molecule has 84 valence electrons. The molecule has 0 aliphatic heterocycles. The minimum atomic E-state index is -2.45.